The van der Waals surface area contributed by atoms with Crippen molar-refractivity contribution in [1.82, 2.24) is 15.4 Å². The molecule has 1 aromatic heterocycles. The van der Waals surface area contributed by atoms with Gasteiger partial charge in [-0.15, -0.1) is 10.2 Å². The standard InChI is InChI=1S/C4HCl2N5/c5-2-3(6)9-11-10-4(2)8-1-7/h(H,8,9,10). The largest absolute Gasteiger partial charge is 0.274 e. The van der Waals surface area contributed by atoms with Crippen molar-refractivity contribution in [3.05, 3.63) is 10.2 Å². The molecule has 1 aromatic rings. The van der Waals surface area contributed by atoms with E-state index in [1.54, 1.807) is 6.19 Å². The smallest absolute Gasteiger partial charge is 0.185 e. The number of hydrogen-bond donors (Lipinski definition) is 1. The summed E-state index contributed by atoms with van der Waals surface area (Å²) in [5.41, 5.74) is 0. The van der Waals surface area contributed by atoms with E-state index in [0.29, 0.717) is 0 Å². The van der Waals surface area contributed by atoms with Crippen LogP contribution in [0.3, 0.4) is 0 Å². The van der Waals surface area contributed by atoms with Crippen molar-refractivity contribution in [1.29, 1.82) is 5.26 Å². The maximum Gasteiger partial charge on any atom is 0.185 e. The van der Waals surface area contributed by atoms with Crippen LogP contribution in [0.5, 0.6) is 0 Å². The van der Waals surface area contributed by atoms with Gasteiger partial charge in [-0.3, -0.25) is 5.32 Å². The molecule has 11 heavy (non-hydrogen) atoms. The first kappa shape index (κ1) is 7.98. The molecule has 0 aliphatic rings. The van der Waals surface area contributed by atoms with E-state index in [4.69, 9.17) is 28.5 Å². The number of aromatic nitrogens is 3. The van der Waals surface area contributed by atoms with E-state index in [1.165, 1.54) is 0 Å². The minimum atomic E-state index is 0.0133. The van der Waals surface area contributed by atoms with E-state index < -0.39 is 0 Å². The van der Waals surface area contributed by atoms with Gasteiger partial charge in [-0.2, -0.15) is 5.26 Å². The number of halogens is 2. The minimum Gasteiger partial charge on any atom is -0.274 e. The Bertz CT molecular complexity index is 306. The molecule has 0 aliphatic carbocycles. The third-order valence-corrected chi connectivity index (χ3v) is 1.56. The average molecular weight is 190 g/mol. The monoisotopic (exact) mass is 189 g/mol. The number of anilines is 1. The van der Waals surface area contributed by atoms with Gasteiger partial charge in [-0.05, 0) is 5.21 Å². The highest BCUT2D eigenvalue weighted by molar-refractivity contribution is 6.42. The predicted molar refractivity (Wildman–Crippen MR) is 39.1 cm³/mol. The highest BCUT2D eigenvalue weighted by Gasteiger charge is 2.06. The van der Waals surface area contributed by atoms with Gasteiger partial charge in [0.05, 0.1) is 0 Å². The van der Waals surface area contributed by atoms with Gasteiger partial charge in [0.15, 0.2) is 17.2 Å². The summed E-state index contributed by atoms with van der Waals surface area (Å²) in [4.78, 5) is 0. The Labute approximate surface area is 71.9 Å². The van der Waals surface area contributed by atoms with Crippen molar-refractivity contribution < 1.29 is 0 Å². The first-order valence-corrected chi connectivity index (χ1v) is 3.20. The lowest BCUT2D eigenvalue weighted by Gasteiger charge is -1.96. The van der Waals surface area contributed by atoms with Crippen LogP contribution in [0.2, 0.25) is 10.2 Å². The van der Waals surface area contributed by atoms with Crippen LogP contribution >= 0.6 is 23.2 Å². The molecule has 0 saturated heterocycles. The Balaban J connectivity index is 3.08. The third-order valence-electron chi connectivity index (χ3n) is 0.841. The maximum atomic E-state index is 8.18. The zero-order chi connectivity index (χ0) is 8.27. The topological polar surface area (TPSA) is 74.5 Å². The molecule has 5 nitrogen and oxygen atoms in total. The SMILES string of the molecule is N#CNc1nnnc(Cl)c1Cl. The minimum absolute atomic E-state index is 0.0133. The van der Waals surface area contributed by atoms with Gasteiger partial charge in [0.25, 0.3) is 0 Å². The number of rotatable bonds is 1. The van der Waals surface area contributed by atoms with Gasteiger partial charge < -0.3 is 0 Å². The normalized spacial score (nSPS) is 8.82. The summed E-state index contributed by atoms with van der Waals surface area (Å²) in [5.74, 6) is 0.106. The molecule has 0 amide bonds. The molecule has 0 atom stereocenters. The van der Waals surface area contributed by atoms with Gasteiger partial charge in [-0.25, -0.2) is 0 Å². The quantitative estimate of drug-likeness (QED) is 0.529. The Morgan fingerprint density at radius 3 is 2.73 bits per heavy atom. The van der Waals surface area contributed by atoms with Crippen molar-refractivity contribution in [2.75, 3.05) is 5.32 Å². The van der Waals surface area contributed by atoms with E-state index in [9.17, 15) is 0 Å². The molecule has 0 saturated carbocycles. The first-order chi connectivity index (χ1) is 5.25. The van der Waals surface area contributed by atoms with E-state index in [-0.39, 0.29) is 16.0 Å². The lowest BCUT2D eigenvalue weighted by atomic mass is 10.6. The number of nitrogens with one attached hydrogen (secondary N) is 1. The fourth-order valence-electron chi connectivity index (χ4n) is 0.425. The molecule has 0 spiro atoms. The zero-order valence-electron chi connectivity index (χ0n) is 5.04. The molecule has 7 heteroatoms. The zero-order valence-corrected chi connectivity index (χ0v) is 6.56. The van der Waals surface area contributed by atoms with E-state index in [1.807, 2.05) is 0 Å². The molecule has 0 unspecified atom stereocenters. The van der Waals surface area contributed by atoms with Gasteiger partial charge in [-0.1, -0.05) is 23.2 Å². The first-order valence-electron chi connectivity index (χ1n) is 2.45. The number of hydrogen-bond acceptors (Lipinski definition) is 5. The van der Waals surface area contributed by atoms with Crippen LogP contribution in [0, 0.1) is 11.5 Å². The average Bonchev–Trinajstić information content (AvgIpc) is 1.99. The lowest BCUT2D eigenvalue weighted by molar-refractivity contribution is 0.872. The molecule has 0 radical (unpaired) electrons. The van der Waals surface area contributed by atoms with E-state index in [2.05, 4.69) is 20.7 Å². The van der Waals surface area contributed by atoms with E-state index in [0.717, 1.165) is 0 Å². The Morgan fingerprint density at radius 2 is 2.09 bits per heavy atom. The molecule has 0 bridgehead atoms. The molecule has 0 aromatic carbocycles. The van der Waals surface area contributed by atoms with Crippen molar-refractivity contribution >= 4 is 29.0 Å². The molecular formula is C4HCl2N5. The van der Waals surface area contributed by atoms with Crippen LogP contribution in [0.4, 0.5) is 5.82 Å². The molecule has 1 heterocycles. The van der Waals surface area contributed by atoms with Crippen LogP contribution in [0.15, 0.2) is 0 Å². The fraction of sp³-hybridized carbons (Fsp3) is 0. The second kappa shape index (κ2) is 3.32. The van der Waals surface area contributed by atoms with Crippen LogP contribution in [0.1, 0.15) is 0 Å². The van der Waals surface area contributed by atoms with Gasteiger partial charge in [0, 0.05) is 0 Å². The summed E-state index contributed by atoms with van der Waals surface area (Å²) in [5, 5.41) is 20.5. The van der Waals surface area contributed by atoms with Crippen LogP contribution in [-0.4, -0.2) is 15.4 Å². The van der Waals surface area contributed by atoms with Crippen LogP contribution in [-0.2, 0) is 0 Å². The lowest BCUT2D eigenvalue weighted by Crippen LogP contribution is -1.97. The fourth-order valence-corrected chi connectivity index (χ4v) is 0.671. The van der Waals surface area contributed by atoms with Crippen molar-refractivity contribution in [3.8, 4) is 6.19 Å². The molecule has 0 fully saturated rings. The maximum absolute atomic E-state index is 8.18. The molecule has 0 aliphatic heterocycles. The summed E-state index contributed by atoms with van der Waals surface area (Å²) >= 11 is 11.0. The Kier molecular flexibility index (Phi) is 2.41. The summed E-state index contributed by atoms with van der Waals surface area (Å²) in [7, 11) is 0. The van der Waals surface area contributed by atoms with Crippen molar-refractivity contribution in [3.63, 3.8) is 0 Å². The molecule has 1 rings (SSSR count). The van der Waals surface area contributed by atoms with Crippen LogP contribution in [0.25, 0.3) is 0 Å². The second-order valence-corrected chi connectivity index (χ2v) is 2.22. The number of nitriles is 1. The summed E-state index contributed by atoms with van der Waals surface area (Å²) < 4.78 is 0. The summed E-state index contributed by atoms with van der Waals surface area (Å²) in [6.45, 7) is 0. The number of nitrogens with zero attached hydrogens (tertiary/aromatic N) is 4. The van der Waals surface area contributed by atoms with Gasteiger partial charge in [0.1, 0.15) is 5.02 Å². The third kappa shape index (κ3) is 1.67. The predicted octanol–water partition coefficient (Wildman–Crippen LogP) is 1.07. The van der Waals surface area contributed by atoms with Gasteiger partial charge in [0.2, 0.25) is 0 Å². The highest BCUT2D eigenvalue weighted by Crippen LogP contribution is 2.23. The van der Waals surface area contributed by atoms with Crippen LogP contribution < -0.4 is 5.32 Å². The van der Waals surface area contributed by atoms with Gasteiger partial charge >= 0.3 is 0 Å². The summed E-state index contributed by atoms with van der Waals surface area (Å²) in [6, 6.07) is 0. The summed E-state index contributed by atoms with van der Waals surface area (Å²) in [6.07, 6.45) is 1.63. The second-order valence-electron chi connectivity index (χ2n) is 1.48. The van der Waals surface area contributed by atoms with Crippen molar-refractivity contribution in [2.45, 2.75) is 0 Å². The van der Waals surface area contributed by atoms with Crippen molar-refractivity contribution in [2.24, 2.45) is 0 Å². The Morgan fingerprint density at radius 1 is 1.36 bits per heavy atom. The highest BCUT2D eigenvalue weighted by atomic mass is 35.5. The molecule has 56 valence electrons. The molecule has 1 N–H and O–H groups in total. The van der Waals surface area contributed by atoms with E-state index >= 15 is 0 Å². The molecular weight excluding hydrogens is 189 g/mol. The Hall–Kier alpha value is -1.12.